The number of hydrogen-bond acceptors (Lipinski definition) is 5. The first-order chi connectivity index (χ1) is 9.76. The molecule has 0 heterocycles. The van der Waals surface area contributed by atoms with Crippen molar-refractivity contribution >= 4 is 22.0 Å². The van der Waals surface area contributed by atoms with Crippen LogP contribution in [0.4, 0.5) is 0 Å². The smallest absolute Gasteiger partial charge is 0.321 e. The lowest BCUT2D eigenvalue weighted by Gasteiger charge is -2.14. The van der Waals surface area contributed by atoms with E-state index in [1.807, 2.05) is 4.72 Å². The van der Waals surface area contributed by atoms with Crippen molar-refractivity contribution in [2.24, 2.45) is 0 Å². The highest BCUT2D eigenvalue weighted by Gasteiger charge is 2.26. The van der Waals surface area contributed by atoms with Crippen LogP contribution in [0.1, 0.15) is 18.4 Å². The number of carboxylic acids is 2. The maximum atomic E-state index is 12.0. The van der Waals surface area contributed by atoms with E-state index in [1.54, 1.807) is 6.07 Å². The fraction of sp³-hybridized carbons (Fsp3) is 0.250. The van der Waals surface area contributed by atoms with E-state index in [1.165, 1.54) is 18.2 Å². The monoisotopic (exact) mass is 312 g/mol. The average molecular weight is 312 g/mol. The number of aliphatic carboxylic acids is 2. The standard InChI is InChI=1S/C12H12N2O6S/c13-7-8-2-1-3-9(6-8)21(19,20)14-10(12(17)18)4-5-11(15)16/h1-3,6,10,14H,4-5H2,(H,15,16)(H,17,18). The second-order valence-electron chi connectivity index (χ2n) is 4.08. The van der Waals surface area contributed by atoms with E-state index >= 15 is 0 Å². The van der Waals surface area contributed by atoms with Gasteiger partial charge in [-0.3, -0.25) is 9.59 Å². The van der Waals surface area contributed by atoms with Gasteiger partial charge >= 0.3 is 11.9 Å². The molecule has 0 fully saturated rings. The molecular weight excluding hydrogens is 300 g/mol. The fourth-order valence-electron chi connectivity index (χ4n) is 1.49. The molecule has 3 N–H and O–H groups in total. The van der Waals surface area contributed by atoms with Crippen molar-refractivity contribution < 1.29 is 28.2 Å². The Morgan fingerprint density at radius 2 is 2.00 bits per heavy atom. The Kier molecular flexibility index (Phi) is 5.40. The summed E-state index contributed by atoms with van der Waals surface area (Å²) in [7, 11) is -4.16. The number of carboxylic acid groups (broad SMARTS) is 2. The first-order valence-electron chi connectivity index (χ1n) is 5.73. The van der Waals surface area contributed by atoms with Crippen molar-refractivity contribution in [3.05, 3.63) is 29.8 Å². The normalized spacial score (nSPS) is 12.3. The van der Waals surface area contributed by atoms with Crippen LogP contribution in [0.3, 0.4) is 0 Å². The van der Waals surface area contributed by atoms with Crippen molar-refractivity contribution in [3.8, 4) is 6.07 Å². The molecule has 112 valence electrons. The molecule has 0 aromatic heterocycles. The summed E-state index contributed by atoms with van der Waals surface area (Å²) in [5, 5.41) is 26.2. The molecular formula is C12H12N2O6S. The topological polar surface area (TPSA) is 145 Å². The lowest BCUT2D eigenvalue weighted by molar-refractivity contribution is -0.140. The van der Waals surface area contributed by atoms with Gasteiger partial charge in [-0.15, -0.1) is 0 Å². The number of benzene rings is 1. The Labute approximate surface area is 120 Å². The first-order valence-corrected chi connectivity index (χ1v) is 7.21. The highest BCUT2D eigenvalue weighted by Crippen LogP contribution is 2.12. The van der Waals surface area contributed by atoms with Crippen LogP contribution in [-0.4, -0.2) is 36.6 Å². The van der Waals surface area contributed by atoms with Gasteiger partial charge in [0.25, 0.3) is 0 Å². The van der Waals surface area contributed by atoms with Crippen LogP contribution in [-0.2, 0) is 19.6 Å². The average Bonchev–Trinajstić information content (AvgIpc) is 2.43. The zero-order chi connectivity index (χ0) is 16.0. The minimum atomic E-state index is -4.16. The van der Waals surface area contributed by atoms with E-state index in [9.17, 15) is 18.0 Å². The molecule has 1 unspecified atom stereocenters. The van der Waals surface area contributed by atoms with Crippen molar-refractivity contribution in [2.45, 2.75) is 23.8 Å². The van der Waals surface area contributed by atoms with E-state index in [4.69, 9.17) is 15.5 Å². The Hall–Kier alpha value is -2.44. The third-order valence-electron chi connectivity index (χ3n) is 2.52. The number of nitrogens with one attached hydrogen (secondary N) is 1. The molecule has 8 nitrogen and oxygen atoms in total. The molecule has 0 aliphatic carbocycles. The zero-order valence-electron chi connectivity index (χ0n) is 10.7. The highest BCUT2D eigenvalue weighted by molar-refractivity contribution is 7.89. The van der Waals surface area contributed by atoms with Crippen LogP contribution in [0.25, 0.3) is 0 Å². The Bertz CT molecular complexity index is 692. The highest BCUT2D eigenvalue weighted by atomic mass is 32.2. The van der Waals surface area contributed by atoms with Gasteiger partial charge in [0.1, 0.15) is 6.04 Å². The molecule has 0 aliphatic heterocycles. The van der Waals surface area contributed by atoms with Crippen LogP contribution in [0.15, 0.2) is 29.2 Å². The summed E-state index contributed by atoms with van der Waals surface area (Å²) in [6.07, 6.45) is -0.875. The third-order valence-corrected chi connectivity index (χ3v) is 3.99. The molecule has 0 saturated heterocycles. The van der Waals surface area contributed by atoms with Crippen LogP contribution >= 0.6 is 0 Å². The maximum Gasteiger partial charge on any atom is 0.321 e. The Balaban J connectivity index is 2.98. The Morgan fingerprint density at radius 1 is 1.33 bits per heavy atom. The summed E-state index contributed by atoms with van der Waals surface area (Å²) < 4.78 is 26.0. The third kappa shape index (κ3) is 4.87. The number of carbonyl (C=O) groups is 2. The molecule has 1 rings (SSSR count). The van der Waals surface area contributed by atoms with Gasteiger partial charge < -0.3 is 10.2 Å². The second kappa shape index (κ2) is 6.83. The summed E-state index contributed by atoms with van der Waals surface area (Å²) in [5.74, 6) is -2.71. The molecule has 0 radical (unpaired) electrons. The molecule has 0 saturated carbocycles. The summed E-state index contributed by atoms with van der Waals surface area (Å²) in [6, 6.07) is 5.26. The quantitative estimate of drug-likeness (QED) is 0.650. The second-order valence-corrected chi connectivity index (χ2v) is 5.80. The maximum absolute atomic E-state index is 12.0. The van der Waals surface area contributed by atoms with Crippen molar-refractivity contribution in [2.75, 3.05) is 0 Å². The number of nitriles is 1. The van der Waals surface area contributed by atoms with Gasteiger partial charge in [-0.05, 0) is 24.6 Å². The SMILES string of the molecule is N#Cc1cccc(S(=O)(=O)NC(CCC(=O)O)C(=O)O)c1. The van der Waals surface area contributed by atoms with Gasteiger partial charge in [-0.2, -0.15) is 9.98 Å². The van der Waals surface area contributed by atoms with E-state index in [0.717, 1.165) is 6.07 Å². The molecule has 1 aromatic carbocycles. The number of hydrogen-bond donors (Lipinski definition) is 3. The van der Waals surface area contributed by atoms with Crippen LogP contribution in [0, 0.1) is 11.3 Å². The Morgan fingerprint density at radius 3 is 2.52 bits per heavy atom. The van der Waals surface area contributed by atoms with E-state index in [-0.39, 0.29) is 16.9 Å². The van der Waals surface area contributed by atoms with Crippen LogP contribution < -0.4 is 4.72 Å². The summed E-state index contributed by atoms with van der Waals surface area (Å²) in [6.45, 7) is 0. The van der Waals surface area contributed by atoms with Gasteiger partial charge in [0.05, 0.1) is 16.5 Å². The van der Waals surface area contributed by atoms with Crippen molar-refractivity contribution in [3.63, 3.8) is 0 Å². The van der Waals surface area contributed by atoms with Gasteiger partial charge in [0.15, 0.2) is 0 Å². The van der Waals surface area contributed by atoms with Gasteiger partial charge in [-0.1, -0.05) is 6.07 Å². The fourth-order valence-corrected chi connectivity index (χ4v) is 2.76. The molecule has 0 aliphatic rings. The summed E-state index contributed by atoms with van der Waals surface area (Å²) in [5.41, 5.74) is 0.107. The number of nitrogens with zero attached hydrogens (tertiary/aromatic N) is 1. The predicted molar refractivity (Wildman–Crippen MR) is 69.8 cm³/mol. The van der Waals surface area contributed by atoms with E-state index in [2.05, 4.69) is 0 Å². The van der Waals surface area contributed by atoms with Crippen LogP contribution in [0.5, 0.6) is 0 Å². The lowest BCUT2D eigenvalue weighted by Crippen LogP contribution is -2.41. The zero-order valence-corrected chi connectivity index (χ0v) is 11.5. The molecule has 1 atom stereocenters. The minimum absolute atomic E-state index is 0.107. The number of sulfonamides is 1. The largest absolute Gasteiger partial charge is 0.481 e. The number of rotatable bonds is 7. The molecule has 9 heteroatoms. The van der Waals surface area contributed by atoms with Crippen molar-refractivity contribution in [1.82, 2.24) is 4.72 Å². The minimum Gasteiger partial charge on any atom is -0.481 e. The predicted octanol–water partition coefficient (Wildman–Crippen LogP) is 0.155. The molecule has 1 aromatic rings. The summed E-state index contributed by atoms with van der Waals surface area (Å²) in [4.78, 5) is 21.2. The van der Waals surface area contributed by atoms with Gasteiger partial charge in [0.2, 0.25) is 10.0 Å². The summed E-state index contributed by atoms with van der Waals surface area (Å²) >= 11 is 0. The van der Waals surface area contributed by atoms with E-state index in [0.29, 0.717) is 0 Å². The van der Waals surface area contributed by atoms with Crippen LogP contribution in [0.2, 0.25) is 0 Å². The molecule has 0 amide bonds. The molecule has 0 spiro atoms. The molecule has 0 bridgehead atoms. The lowest BCUT2D eigenvalue weighted by atomic mass is 10.2. The van der Waals surface area contributed by atoms with Crippen molar-refractivity contribution in [1.29, 1.82) is 5.26 Å². The van der Waals surface area contributed by atoms with E-state index < -0.39 is 34.4 Å². The van der Waals surface area contributed by atoms with Gasteiger partial charge in [0, 0.05) is 6.42 Å². The molecule has 21 heavy (non-hydrogen) atoms. The first kappa shape index (κ1) is 16.6. The van der Waals surface area contributed by atoms with Gasteiger partial charge in [-0.25, -0.2) is 8.42 Å².